The summed E-state index contributed by atoms with van der Waals surface area (Å²) < 4.78 is 7.31. The van der Waals surface area contributed by atoms with Crippen LogP contribution in [-0.2, 0) is 11.2 Å². The number of nitrogens with zero attached hydrogens (tertiary/aromatic N) is 3. The molecule has 3 aromatic rings. The fourth-order valence-electron chi connectivity index (χ4n) is 2.46. The van der Waals surface area contributed by atoms with Crippen molar-refractivity contribution in [2.75, 3.05) is 12.4 Å². The van der Waals surface area contributed by atoms with Crippen molar-refractivity contribution in [3.63, 3.8) is 0 Å². The van der Waals surface area contributed by atoms with Crippen LogP contribution in [0.25, 0.3) is 5.82 Å². The first-order chi connectivity index (χ1) is 12.5. The van der Waals surface area contributed by atoms with E-state index >= 15 is 0 Å². The lowest BCUT2D eigenvalue weighted by molar-refractivity contribution is 0.0601. The Bertz CT molecular complexity index is 944. The first kappa shape index (κ1) is 18.4. The summed E-state index contributed by atoms with van der Waals surface area (Å²) in [6, 6.07) is 10.5. The van der Waals surface area contributed by atoms with Gasteiger partial charge in [-0.3, -0.25) is 0 Å². The molecule has 0 atom stereocenters. The molecule has 0 spiro atoms. The molecular formula is C18H16BrClN4O2. The van der Waals surface area contributed by atoms with Gasteiger partial charge in [-0.1, -0.05) is 24.6 Å². The minimum atomic E-state index is -0.456. The van der Waals surface area contributed by atoms with Gasteiger partial charge in [0.2, 0.25) is 0 Å². The molecule has 1 N–H and O–H groups in total. The highest BCUT2D eigenvalue weighted by atomic mass is 79.9. The maximum absolute atomic E-state index is 11.8. The van der Waals surface area contributed by atoms with Crippen LogP contribution >= 0.6 is 27.5 Å². The SMILES string of the molecule is CCc1nn(-c2ccccn2)c(Nc2cc(Cl)cc(C(=O)OC)c2)c1Br. The molecule has 1 aromatic carbocycles. The molecule has 8 heteroatoms. The number of ether oxygens (including phenoxy) is 1. The predicted octanol–water partition coefficient (Wildman–Crippen LogP) is 4.78. The molecule has 0 unspecified atom stereocenters. The van der Waals surface area contributed by atoms with Gasteiger partial charge in [0.1, 0.15) is 0 Å². The number of carbonyl (C=O) groups excluding carboxylic acids is 1. The smallest absolute Gasteiger partial charge is 0.337 e. The molecule has 0 radical (unpaired) electrons. The number of aromatic nitrogens is 3. The Morgan fingerprint density at radius 1 is 1.35 bits per heavy atom. The zero-order valence-electron chi connectivity index (χ0n) is 14.2. The molecule has 2 aromatic heterocycles. The van der Waals surface area contributed by atoms with Crippen LogP contribution in [-0.4, -0.2) is 27.8 Å². The highest BCUT2D eigenvalue weighted by Gasteiger charge is 2.18. The molecule has 0 aliphatic rings. The maximum Gasteiger partial charge on any atom is 0.337 e. The predicted molar refractivity (Wildman–Crippen MR) is 105 cm³/mol. The molecule has 0 aliphatic carbocycles. The minimum Gasteiger partial charge on any atom is -0.465 e. The van der Waals surface area contributed by atoms with Gasteiger partial charge >= 0.3 is 5.97 Å². The van der Waals surface area contributed by atoms with Gasteiger partial charge in [-0.05, 0) is 52.7 Å². The molecule has 26 heavy (non-hydrogen) atoms. The van der Waals surface area contributed by atoms with Gasteiger partial charge in [0.05, 0.1) is 22.8 Å². The first-order valence-corrected chi connectivity index (χ1v) is 9.05. The molecule has 3 rings (SSSR count). The summed E-state index contributed by atoms with van der Waals surface area (Å²) >= 11 is 9.75. The van der Waals surface area contributed by atoms with E-state index in [0.717, 1.165) is 16.6 Å². The number of hydrogen-bond donors (Lipinski definition) is 1. The quantitative estimate of drug-likeness (QED) is 0.584. The van der Waals surface area contributed by atoms with Gasteiger partial charge in [-0.25, -0.2) is 9.78 Å². The average Bonchev–Trinajstić information content (AvgIpc) is 2.97. The van der Waals surface area contributed by atoms with Crippen LogP contribution in [0.4, 0.5) is 11.5 Å². The van der Waals surface area contributed by atoms with Crippen LogP contribution in [0.1, 0.15) is 23.0 Å². The second kappa shape index (κ2) is 7.88. The zero-order chi connectivity index (χ0) is 18.7. The van der Waals surface area contributed by atoms with Crippen molar-refractivity contribution in [3.8, 4) is 5.82 Å². The van der Waals surface area contributed by atoms with Crippen LogP contribution in [0.5, 0.6) is 0 Å². The fourth-order valence-corrected chi connectivity index (χ4v) is 3.32. The lowest BCUT2D eigenvalue weighted by Crippen LogP contribution is -2.06. The van der Waals surface area contributed by atoms with E-state index in [9.17, 15) is 4.79 Å². The highest BCUT2D eigenvalue weighted by molar-refractivity contribution is 9.10. The second-order valence-electron chi connectivity index (χ2n) is 5.41. The maximum atomic E-state index is 11.8. The van der Waals surface area contributed by atoms with Gasteiger partial charge in [-0.15, -0.1) is 0 Å². The molecule has 134 valence electrons. The van der Waals surface area contributed by atoms with E-state index < -0.39 is 5.97 Å². The van der Waals surface area contributed by atoms with Gasteiger partial charge in [0, 0.05) is 16.9 Å². The van der Waals surface area contributed by atoms with Gasteiger partial charge < -0.3 is 10.1 Å². The molecule has 0 saturated carbocycles. The average molecular weight is 436 g/mol. The summed E-state index contributed by atoms with van der Waals surface area (Å²) in [7, 11) is 1.33. The van der Waals surface area contributed by atoms with Crippen molar-refractivity contribution in [1.82, 2.24) is 14.8 Å². The van der Waals surface area contributed by atoms with Crippen molar-refractivity contribution in [2.24, 2.45) is 0 Å². The number of aryl methyl sites for hydroxylation is 1. The van der Waals surface area contributed by atoms with Crippen LogP contribution in [0.3, 0.4) is 0 Å². The van der Waals surface area contributed by atoms with E-state index in [2.05, 4.69) is 31.3 Å². The van der Waals surface area contributed by atoms with Crippen molar-refractivity contribution in [3.05, 3.63) is 63.3 Å². The Morgan fingerprint density at radius 3 is 2.81 bits per heavy atom. The Kier molecular flexibility index (Phi) is 5.58. The number of nitrogens with one attached hydrogen (secondary N) is 1. The number of methoxy groups -OCH3 is 1. The van der Waals surface area contributed by atoms with Gasteiger partial charge in [0.25, 0.3) is 0 Å². The van der Waals surface area contributed by atoms with E-state index in [1.165, 1.54) is 7.11 Å². The normalized spacial score (nSPS) is 10.6. The molecule has 0 fully saturated rings. The number of pyridine rings is 1. The zero-order valence-corrected chi connectivity index (χ0v) is 16.5. The molecule has 2 heterocycles. The summed E-state index contributed by atoms with van der Waals surface area (Å²) in [6.45, 7) is 2.02. The summed E-state index contributed by atoms with van der Waals surface area (Å²) in [4.78, 5) is 16.2. The number of rotatable bonds is 5. The number of carbonyl (C=O) groups is 1. The highest BCUT2D eigenvalue weighted by Crippen LogP contribution is 2.32. The molecule has 6 nitrogen and oxygen atoms in total. The third-order valence-corrected chi connectivity index (χ3v) is 4.73. The number of esters is 1. The minimum absolute atomic E-state index is 0.359. The van der Waals surface area contributed by atoms with Crippen LogP contribution in [0.2, 0.25) is 5.02 Å². The van der Waals surface area contributed by atoms with Gasteiger partial charge in [-0.2, -0.15) is 9.78 Å². The Labute approximate surface area is 164 Å². The van der Waals surface area contributed by atoms with Crippen molar-refractivity contribution in [1.29, 1.82) is 0 Å². The van der Waals surface area contributed by atoms with Crippen LogP contribution < -0.4 is 5.32 Å². The number of benzene rings is 1. The van der Waals surface area contributed by atoms with Crippen LogP contribution in [0, 0.1) is 0 Å². The standard InChI is InChI=1S/C18H16BrClN4O2/c1-3-14-16(19)17(24(23-14)15-6-4-5-7-21-15)22-13-9-11(18(25)26-2)8-12(20)10-13/h4-10,22H,3H2,1-2H3. The Hall–Kier alpha value is -2.38. The van der Waals surface area contributed by atoms with E-state index in [0.29, 0.717) is 27.9 Å². The summed E-state index contributed by atoms with van der Waals surface area (Å²) in [5.41, 5.74) is 1.88. The third kappa shape index (κ3) is 3.73. The number of halogens is 2. The molecular weight excluding hydrogens is 420 g/mol. The lowest BCUT2D eigenvalue weighted by atomic mass is 10.2. The van der Waals surface area contributed by atoms with E-state index in [1.807, 2.05) is 25.1 Å². The van der Waals surface area contributed by atoms with Crippen molar-refractivity contribution < 1.29 is 9.53 Å². The second-order valence-corrected chi connectivity index (χ2v) is 6.64. The summed E-state index contributed by atoms with van der Waals surface area (Å²) in [6.07, 6.45) is 2.45. The Morgan fingerprint density at radius 2 is 2.15 bits per heavy atom. The first-order valence-electron chi connectivity index (χ1n) is 7.88. The van der Waals surface area contributed by atoms with E-state index in [-0.39, 0.29) is 0 Å². The van der Waals surface area contributed by atoms with E-state index in [4.69, 9.17) is 16.3 Å². The number of anilines is 2. The lowest BCUT2D eigenvalue weighted by Gasteiger charge is -2.11. The largest absolute Gasteiger partial charge is 0.465 e. The third-order valence-electron chi connectivity index (χ3n) is 3.68. The molecule has 0 aliphatic heterocycles. The van der Waals surface area contributed by atoms with Crippen LogP contribution in [0.15, 0.2) is 47.1 Å². The van der Waals surface area contributed by atoms with E-state index in [1.54, 1.807) is 29.1 Å². The monoisotopic (exact) mass is 434 g/mol. The van der Waals surface area contributed by atoms with Crippen molar-refractivity contribution >= 4 is 45.0 Å². The summed E-state index contributed by atoms with van der Waals surface area (Å²) in [5.74, 6) is 0.909. The summed E-state index contributed by atoms with van der Waals surface area (Å²) in [5, 5.41) is 8.31. The molecule has 0 amide bonds. The van der Waals surface area contributed by atoms with Gasteiger partial charge in [0.15, 0.2) is 11.6 Å². The van der Waals surface area contributed by atoms with Crippen molar-refractivity contribution in [2.45, 2.75) is 13.3 Å². The number of hydrogen-bond acceptors (Lipinski definition) is 5. The molecule has 0 saturated heterocycles. The Balaban J connectivity index is 2.06. The topological polar surface area (TPSA) is 69.0 Å². The molecule has 0 bridgehead atoms. The fraction of sp³-hybridized carbons (Fsp3) is 0.167.